The molecule has 0 unspecified atom stereocenters. The first kappa shape index (κ1) is 9.92. The lowest BCUT2D eigenvalue weighted by Gasteiger charge is -1.98. The predicted octanol–water partition coefficient (Wildman–Crippen LogP) is 1.96. The van der Waals surface area contributed by atoms with Gasteiger partial charge in [-0.25, -0.2) is 0 Å². The Balaban J connectivity index is 2.84. The van der Waals surface area contributed by atoms with Gasteiger partial charge in [-0.1, -0.05) is 13.3 Å². The van der Waals surface area contributed by atoms with Gasteiger partial charge in [0.1, 0.15) is 0 Å². The molecule has 0 atom stereocenters. The van der Waals surface area contributed by atoms with Gasteiger partial charge in [0.15, 0.2) is 0 Å². The molecule has 2 nitrogen and oxygen atoms in total. The third-order valence-electron chi connectivity index (χ3n) is 1.09. The fourth-order valence-corrected chi connectivity index (χ4v) is 0.578. The summed E-state index contributed by atoms with van der Waals surface area (Å²) in [7, 11) is 0. The van der Waals surface area contributed by atoms with E-state index < -0.39 is 0 Å². The molecular weight excluding hydrogens is 152 g/mol. The Labute approximate surface area is 66.5 Å². The summed E-state index contributed by atoms with van der Waals surface area (Å²) in [5, 5.41) is -0.323. The summed E-state index contributed by atoms with van der Waals surface area (Å²) >= 11 is 5.07. The first-order valence-electron chi connectivity index (χ1n) is 3.53. The maximum absolute atomic E-state index is 10.2. The second kappa shape index (κ2) is 7.03. The van der Waals surface area contributed by atoms with E-state index in [1.807, 2.05) is 0 Å². The second-order valence-electron chi connectivity index (χ2n) is 2.07. The summed E-state index contributed by atoms with van der Waals surface area (Å²) in [6.07, 6.45) is 2.50. The molecule has 0 bridgehead atoms. The van der Waals surface area contributed by atoms with Crippen LogP contribution in [0, 0.1) is 0 Å². The van der Waals surface area contributed by atoms with Gasteiger partial charge in [0.25, 0.3) is 0 Å². The normalized spacial score (nSPS) is 9.80. The van der Waals surface area contributed by atoms with Crippen LogP contribution < -0.4 is 0 Å². The van der Waals surface area contributed by atoms with Crippen molar-refractivity contribution in [2.75, 3.05) is 13.2 Å². The Morgan fingerprint density at radius 2 is 2.20 bits per heavy atom. The van der Waals surface area contributed by atoms with Gasteiger partial charge in [-0.3, -0.25) is 4.79 Å². The molecule has 0 aliphatic carbocycles. The molecule has 0 radical (unpaired) electrons. The minimum absolute atomic E-state index is 0.323. The fourth-order valence-electron chi connectivity index (χ4n) is 0.501. The fraction of sp³-hybridized carbons (Fsp3) is 0.857. The van der Waals surface area contributed by atoms with Crippen molar-refractivity contribution in [3.05, 3.63) is 0 Å². The van der Waals surface area contributed by atoms with Crippen molar-refractivity contribution in [1.82, 2.24) is 0 Å². The van der Waals surface area contributed by atoms with Crippen LogP contribution in [0.2, 0.25) is 0 Å². The van der Waals surface area contributed by atoms with Crippen molar-refractivity contribution < 1.29 is 9.53 Å². The summed E-state index contributed by atoms with van der Waals surface area (Å²) in [4.78, 5) is 10.2. The van der Waals surface area contributed by atoms with Gasteiger partial charge in [-0.05, 0) is 18.0 Å². The summed E-state index contributed by atoms with van der Waals surface area (Å²) in [5.41, 5.74) is 0. The quantitative estimate of drug-likeness (QED) is 0.443. The summed E-state index contributed by atoms with van der Waals surface area (Å²) < 4.78 is 5.08. The Hall–Kier alpha value is -0.0800. The molecule has 0 fully saturated rings. The van der Waals surface area contributed by atoms with E-state index >= 15 is 0 Å². The molecule has 60 valence electrons. The second-order valence-corrected chi connectivity index (χ2v) is 2.49. The zero-order valence-electron chi connectivity index (χ0n) is 6.23. The van der Waals surface area contributed by atoms with E-state index in [4.69, 9.17) is 16.3 Å². The predicted molar refractivity (Wildman–Crippen MR) is 41.2 cm³/mol. The van der Waals surface area contributed by atoms with Crippen LogP contribution in [0.4, 0.5) is 0 Å². The highest BCUT2D eigenvalue weighted by atomic mass is 35.5. The highest BCUT2D eigenvalue weighted by molar-refractivity contribution is 6.63. The smallest absolute Gasteiger partial charge is 0.223 e. The Morgan fingerprint density at radius 1 is 1.50 bits per heavy atom. The van der Waals surface area contributed by atoms with Gasteiger partial charge in [-0.15, -0.1) is 0 Å². The lowest BCUT2D eigenvalue weighted by Crippen LogP contribution is -1.99. The molecule has 3 heteroatoms. The topological polar surface area (TPSA) is 26.3 Å². The number of unbranched alkanes of at least 4 members (excludes halogenated alkanes) is 1. The summed E-state index contributed by atoms with van der Waals surface area (Å²) in [5.74, 6) is 0. The van der Waals surface area contributed by atoms with Crippen LogP contribution in [0.3, 0.4) is 0 Å². The van der Waals surface area contributed by atoms with Gasteiger partial charge in [0, 0.05) is 13.0 Å². The molecule has 0 saturated carbocycles. The number of rotatable bonds is 6. The molecule has 0 aromatic carbocycles. The average molecular weight is 165 g/mol. The molecule has 0 N–H and O–H groups in total. The number of halogens is 1. The maximum atomic E-state index is 10.2. The molecule has 0 aromatic rings. The van der Waals surface area contributed by atoms with Crippen LogP contribution in [0.5, 0.6) is 0 Å². The van der Waals surface area contributed by atoms with Gasteiger partial charge in [-0.2, -0.15) is 0 Å². The first-order valence-corrected chi connectivity index (χ1v) is 3.91. The minimum Gasteiger partial charge on any atom is -0.381 e. The highest BCUT2D eigenvalue weighted by Crippen LogP contribution is 1.92. The number of ether oxygens (including phenoxy) is 1. The lowest BCUT2D eigenvalue weighted by atomic mass is 10.4. The molecule has 0 spiro atoms. The van der Waals surface area contributed by atoms with Crippen molar-refractivity contribution in [1.29, 1.82) is 0 Å². The van der Waals surface area contributed by atoms with E-state index in [-0.39, 0.29) is 5.24 Å². The van der Waals surface area contributed by atoms with E-state index in [9.17, 15) is 4.79 Å². The highest BCUT2D eigenvalue weighted by Gasteiger charge is 1.94. The maximum Gasteiger partial charge on any atom is 0.223 e. The third-order valence-corrected chi connectivity index (χ3v) is 1.27. The van der Waals surface area contributed by atoms with Crippen molar-refractivity contribution in [2.24, 2.45) is 0 Å². The lowest BCUT2D eigenvalue weighted by molar-refractivity contribution is -0.112. The van der Waals surface area contributed by atoms with Crippen LogP contribution in [-0.2, 0) is 9.53 Å². The average Bonchev–Trinajstić information content (AvgIpc) is 1.87. The van der Waals surface area contributed by atoms with Gasteiger partial charge >= 0.3 is 0 Å². The van der Waals surface area contributed by atoms with E-state index in [0.717, 1.165) is 19.4 Å². The molecule has 0 rings (SSSR count). The largest absolute Gasteiger partial charge is 0.381 e. The van der Waals surface area contributed by atoms with E-state index in [0.29, 0.717) is 13.0 Å². The van der Waals surface area contributed by atoms with Crippen LogP contribution in [0.1, 0.15) is 26.2 Å². The Morgan fingerprint density at radius 3 is 2.70 bits per heavy atom. The molecule has 0 saturated heterocycles. The number of hydrogen-bond acceptors (Lipinski definition) is 2. The zero-order valence-corrected chi connectivity index (χ0v) is 6.99. The molecule has 0 aliphatic heterocycles. The summed E-state index contributed by atoms with van der Waals surface area (Å²) in [6, 6.07) is 0. The Bertz CT molecular complexity index is 93.6. The van der Waals surface area contributed by atoms with Gasteiger partial charge in [0.2, 0.25) is 5.24 Å². The molecule has 10 heavy (non-hydrogen) atoms. The summed E-state index contributed by atoms with van der Waals surface area (Å²) in [6.45, 7) is 3.29. The Kier molecular flexibility index (Phi) is 6.98. The SMILES string of the molecule is CCCCOCCC(=O)Cl. The van der Waals surface area contributed by atoms with Gasteiger partial charge in [0.05, 0.1) is 6.61 Å². The molecule has 0 amide bonds. The van der Waals surface area contributed by atoms with Crippen molar-refractivity contribution in [3.63, 3.8) is 0 Å². The number of carbonyl (C=O) groups is 1. The standard InChI is InChI=1S/C7H13ClO2/c1-2-3-5-10-6-4-7(8)9/h2-6H2,1H3. The van der Waals surface area contributed by atoms with E-state index in [1.165, 1.54) is 0 Å². The van der Waals surface area contributed by atoms with Crippen LogP contribution in [0.25, 0.3) is 0 Å². The minimum atomic E-state index is -0.323. The van der Waals surface area contributed by atoms with Gasteiger partial charge < -0.3 is 4.74 Å². The molecule has 0 heterocycles. The van der Waals surface area contributed by atoms with E-state index in [2.05, 4.69) is 6.92 Å². The van der Waals surface area contributed by atoms with Crippen LogP contribution >= 0.6 is 11.6 Å². The third kappa shape index (κ3) is 7.92. The monoisotopic (exact) mass is 164 g/mol. The first-order chi connectivity index (χ1) is 4.77. The van der Waals surface area contributed by atoms with Crippen LogP contribution in [0.15, 0.2) is 0 Å². The molecule has 0 aliphatic rings. The van der Waals surface area contributed by atoms with Crippen LogP contribution in [-0.4, -0.2) is 18.5 Å². The van der Waals surface area contributed by atoms with Crippen molar-refractivity contribution in [3.8, 4) is 0 Å². The molecular formula is C7H13ClO2. The number of hydrogen-bond donors (Lipinski definition) is 0. The van der Waals surface area contributed by atoms with Crippen molar-refractivity contribution in [2.45, 2.75) is 26.2 Å². The van der Waals surface area contributed by atoms with E-state index in [1.54, 1.807) is 0 Å². The number of carbonyl (C=O) groups excluding carboxylic acids is 1. The van der Waals surface area contributed by atoms with Crippen molar-refractivity contribution >= 4 is 16.8 Å². The molecule has 0 aromatic heterocycles. The zero-order chi connectivity index (χ0) is 7.82.